The van der Waals surface area contributed by atoms with Gasteiger partial charge in [-0.2, -0.15) is 0 Å². The average Bonchev–Trinajstić information content (AvgIpc) is 3.81. The summed E-state index contributed by atoms with van der Waals surface area (Å²) in [5.74, 6) is 1.56. The van der Waals surface area contributed by atoms with Crippen LogP contribution in [0.3, 0.4) is 0 Å². The zero-order valence-electron chi connectivity index (χ0n) is 27.9. The van der Waals surface area contributed by atoms with E-state index >= 15 is 0 Å². The minimum atomic E-state index is 0.457. The minimum Gasteiger partial charge on any atom is -0.455 e. The van der Waals surface area contributed by atoms with E-state index < -0.39 is 0 Å². The van der Waals surface area contributed by atoms with E-state index in [1.54, 1.807) is 0 Å². The molecule has 1 fully saturated rings. The maximum atomic E-state index is 6.98. The van der Waals surface area contributed by atoms with Gasteiger partial charge in [-0.1, -0.05) is 158 Å². The van der Waals surface area contributed by atoms with Crippen LogP contribution in [0, 0.1) is 11.8 Å². The van der Waals surface area contributed by atoms with Crippen molar-refractivity contribution in [3.63, 3.8) is 0 Å². The Morgan fingerprint density at radius 3 is 1.75 bits per heavy atom. The molecule has 2 aliphatic rings. The van der Waals surface area contributed by atoms with Crippen LogP contribution in [-0.2, 0) is 0 Å². The molecule has 11 rings (SSSR count). The molecule has 240 valence electrons. The molecule has 8 aromatic carbocycles. The number of fused-ring (bicyclic) bond motifs is 9. The van der Waals surface area contributed by atoms with Gasteiger partial charge in [-0.3, -0.25) is 0 Å². The predicted molar refractivity (Wildman–Crippen MR) is 214 cm³/mol. The first kappa shape index (κ1) is 28.5. The van der Waals surface area contributed by atoms with Gasteiger partial charge in [0, 0.05) is 38.5 Å². The second-order valence-corrected chi connectivity index (χ2v) is 14.0. The van der Waals surface area contributed by atoms with Crippen LogP contribution in [-0.4, -0.2) is 0 Å². The number of rotatable bonds is 5. The first-order valence-corrected chi connectivity index (χ1v) is 17.9. The average molecular weight is 652 g/mol. The maximum Gasteiger partial charge on any atom is 0.143 e. The number of hydrogen-bond donors (Lipinski definition) is 0. The van der Waals surface area contributed by atoms with Gasteiger partial charge in [0.25, 0.3) is 0 Å². The molecule has 2 atom stereocenters. The van der Waals surface area contributed by atoms with Gasteiger partial charge in [0.2, 0.25) is 0 Å². The SMILES string of the molecule is C1=CC2C(C=C1)C2c1cccc2c1oc1c3ccccc3c(N(c3ccc(-c4ccccc4)cc3)c3cc4ccccc4c4ccccc34)cc21. The first-order chi connectivity index (χ1) is 25.3. The van der Waals surface area contributed by atoms with Crippen LogP contribution < -0.4 is 4.90 Å². The molecular formula is C49H33NO. The Morgan fingerprint density at radius 1 is 0.412 bits per heavy atom. The highest BCUT2D eigenvalue weighted by Crippen LogP contribution is 2.59. The molecule has 0 amide bonds. The zero-order chi connectivity index (χ0) is 33.5. The van der Waals surface area contributed by atoms with Crippen LogP contribution in [0.4, 0.5) is 17.1 Å². The van der Waals surface area contributed by atoms with Crippen LogP contribution in [0.2, 0.25) is 0 Å². The first-order valence-electron chi connectivity index (χ1n) is 17.9. The van der Waals surface area contributed by atoms with Crippen molar-refractivity contribution in [1.82, 2.24) is 0 Å². The van der Waals surface area contributed by atoms with Crippen LogP contribution in [0.25, 0.3) is 65.4 Å². The number of para-hydroxylation sites is 1. The number of allylic oxidation sites excluding steroid dienone is 4. The van der Waals surface area contributed by atoms with Gasteiger partial charge in [0.05, 0.1) is 11.4 Å². The van der Waals surface area contributed by atoms with Gasteiger partial charge in [-0.05, 0) is 69.0 Å². The summed E-state index contributed by atoms with van der Waals surface area (Å²) in [6.07, 6.45) is 9.10. The molecule has 1 saturated carbocycles. The van der Waals surface area contributed by atoms with Gasteiger partial charge < -0.3 is 9.32 Å². The number of benzene rings is 8. The summed E-state index contributed by atoms with van der Waals surface area (Å²) in [5, 5.41) is 9.53. The number of hydrogen-bond acceptors (Lipinski definition) is 2. The van der Waals surface area contributed by atoms with Crippen molar-refractivity contribution in [3.05, 3.63) is 188 Å². The van der Waals surface area contributed by atoms with E-state index in [-0.39, 0.29) is 0 Å². The molecule has 0 aliphatic heterocycles. The largest absolute Gasteiger partial charge is 0.455 e. The van der Waals surface area contributed by atoms with Gasteiger partial charge in [0.1, 0.15) is 11.2 Å². The summed E-state index contributed by atoms with van der Waals surface area (Å²) in [5.41, 5.74) is 9.08. The summed E-state index contributed by atoms with van der Waals surface area (Å²) < 4.78 is 6.98. The van der Waals surface area contributed by atoms with E-state index in [9.17, 15) is 0 Å². The molecule has 2 unspecified atom stereocenters. The Balaban J connectivity index is 1.20. The Bertz CT molecular complexity index is 2860. The Hall–Kier alpha value is -6.38. The summed E-state index contributed by atoms with van der Waals surface area (Å²) in [4.78, 5) is 2.47. The smallest absolute Gasteiger partial charge is 0.143 e. The third-order valence-corrected chi connectivity index (χ3v) is 11.2. The second kappa shape index (κ2) is 11.1. The standard InChI is InChI=1S/C49H33NO/c1-2-13-31(14-3-1)32-25-27-34(28-26-32)50(45-29-33-15-4-5-16-35(33)36-17-6-7-18-37(36)45)46-30-44-42-23-12-24-43(47-39-20-9-10-21-40(39)47)48(42)51-49(44)41-22-11-8-19-38(41)46/h1-30,39-40,47H. The maximum absolute atomic E-state index is 6.98. The van der Waals surface area contributed by atoms with Crippen molar-refractivity contribution in [1.29, 1.82) is 0 Å². The molecule has 2 nitrogen and oxygen atoms in total. The highest BCUT2D eigenvalue weighted by Gasteiger charge is 2.49. The molecule has 1 aromatic heterocycles. The van der Waals surface area contributed by atoms with Crippen molar-refractivity contribution in [3.8, 4) is 11.1 Å². The number of furan rings is 1. The van der Waals surface area contributed by atoms with Crippen molar-refractivity contribution in [2.45, 2.75) is 5.92 Å². The molecule has 1 heterocycles. The zero-order valence-corrected chi connectivity index (χ0v) is 27.9. The fourth-order valence-corrected chi connectivity index (χ4v) is 8.79. The predicted octanol–water partition coefficient (Wildman–Crippen LogP) is 13.6. The van der Waals surface area contributed by atoms with Crippen LogP contribution >= 0.6 is 0 Å². The highest BCUT2D eigenvalue weighted by molar-refractivity contribution is 6.22. The van der Waals surface area contributed by atoms with E-state index in [1.807, 2.05) is 0 Å². The number of nitrogens with zero attached hydrogens (tertiary/aromatic N) is 1. The molecule has 0 saturated heterocycles. The highest BCUT2D eigenvalue weighted by atomic mass is 16.3. The normalized spacial score (nSPS) is 17.8. The molecule has 0 bridgehead atoms. The van der Waals surface area contributed by atoms with E-state index in [0.717, 1.165) is 44.4 Å². The fraction of sp³-hybridized carbons (Fsp3) is 0.0612. The lowest BCUT2D eigenvalue weighted by Crippen LogP contribution is -2.11. The third kappa shape index (κ3) is 4.36. The Kier molecular flexibility index (Phi) is 6.17. The third-order valence-electron chi connectivity index (χ3n) is 11.2. The van der Waals surface area contributed by atoms with Gasteiger partial charge in [0.15, 0.2) is 0 Å². The summed E-state index contributed by atoms with van der Waals surface area (Å²) in [7, 11) is 0. The molecule has 9 aromatic rings. The Morgan fingerprint density at radius 2 is 0.980 bits per heavy atom. The van der Waals surface area contributed by atoms with E-state index in [0.29, 0.717) is 17.8 Å². The van der Waals surface area contributed by atoms with E-state index in [1.165, 1.54) is 43.6 Å². The lowest BCUT2D eigenvalue weighted by Gasteiger charge is -2.29. The molecule has 0 spiro atoms. The topological polar surface area (TPSA) is 16.4 Å². The summed E-state index contributed by atoms with van der Waals surface area (Å²) in [6, 6.07) is 57.4. The summed E-state index contributed by atoms with van der Waals surface area (Å²) in [6.45, 7) is 0. The van der Waals surface area contributed by atoms with Crippen molar-refractivity contribution < 1.29 is 4.42 Å². The van der Waals surface area contributed by atoms with Crippen LogP contribution in [0.15, 0.2) is 186 Å². The monoisotopic (exact) mass is 651 g/mol. The van der Waals surface area contributed by atoms with Crippen molar-refractivity contribution in [2.75, 3.05) is 4.90 Å². The minimum absolute atomic E-state index is 0.457. The van der Waals surface area contributed by atoms with Crippen LogP contribution in [0.5, 0.6) is 0 Å². The molecule has 2 aliphatic carbocycles. The number of anilines is 3. The molecule has 0 N–H and O–H groups in total. The lowest BCUT2D eigenvalue weighted by atomic mass is 9.97. The van der Waals surface area contributed by atoms with E-state index in [4.69, 9.17) is 4.42 Å². The van der Waals surface area contributed by atoms with Gasteiger partial charge in [-0.15, -0.1) is 0 Å². The fourth-order valence-electron chi connectivity index (χ4n) is 8.79. The lowest BCUT2D eigenvalue weighted by molar-refractivity contribution is 0.665. The molecule has 2 heteroatoms. The van der Waals surface area contributed by atoms with E-state index in [2.05, 4.69) is 187 Å². The second-order valence-electron chi connectivity index (χ2n) is 14.0. The van der Waals surface area contributed by atoms with Crippen molar-refractivity contribution in [2.24, 2.45) is 11.8 Å². The molecular weight excluding hydrogens is 619 g/mol. The molecule has 51 heavy (non-hydrogen) atoms. The quantitative estimate of drug-likeness (QED) is 0.172. The van der Waals surface area contributed by atoms with Gasteiger partial charge >= 0.3 is 0 Å². The van der Waals surface area contributed by atoms with Crippen LogP contribution in [0.1, 0.15) is 11.5 Å². The molecule has 0 radical (unpaired) electrons. The Labute approximate surface area is 296 Å². The van der Waals surface area contributed by atoms with Crippen molar-refractivity contribution >= 4 is 71.3 Å². The van der Waals surface area contributed by atoms with Gasteiger partial charge in [-0.25, -0.2) is 0 Å². The summed E-state index contributed by atoms with van der Waals surface area (Å²) >= 11 is 0.